The summed E-state index contributed by atoms with van der Waals surface area (Å²) in [6, 6.07) is 7.71. The predicted octanol–water partition coefficient (Wildman–Crippen LogP) is 2.55. The molecule has 1 aliphatic heterocycles. The summed E-state index contributed by atoms with van der Waals surface area (Å²) in [5.74, 6) is 1.22. The van der Waals surface area contributed by atoms with Crippen LogP contribution in [0.25, 0.3) is 0 Å². The fourth-order valence-corrected chi connectivity index (χ4v) is 4.69. The van der Waals surface area contributed by atoms with Gasteiger partial charge in [-0.15, -0.1) is 24.0 Å². The average Bonchev–Trinajstić information content (AvgIpc) is 3.43. The Morgan fingerprint density at radius 1 is 1.23 bits per heavy atom. The number of nitrogens with one attached hydrogen (secondary N) is 2. The van der Waals surface area contributed by atoms with Crippen molar-refractivity contribution in [3.63, 3.8) is 0 Å². The molecule has 0 amide bonds. The molecular weight excluding hydrogens is 463 g/mol. The van der Waals surface area contributed by atoms with Crippen molar-refractivity contribution in [2.75, 3.05) is 20.1 Å². The van der Waals surface area contributed by atoms with Gasteiger partial charge < -0.3 is 10.6 Å². The summed E-state index contributed by atoms with van der Waals surface area (Å²) < 4.78 is 27.2. The molecule has 1 unspecified atom stereocenters. The molecule has 0 spiro atoms. The van der Waals surface area contributed by atoms with E-state index >= 15 is 0 Å². The molecule has 2 fully saturated rings. The fourth-order valence-electron chi connectivity index (χ4n) is 3.09. The number of aliphatic imine (C=N–C) groups is 1. The van der Waals surface area contributed by atoms with Gasteiger partial charge in [-0.2, -0.15) is 4.31 Å². The molecule has 2 aliphatic rings. The number of piperidine rings is 1. The molecule has 0 aromatic heterocycles. The molecular formula is C18H29IN4O2S. The molecule has 1 saturated carbocycles. The number of halogens is 1. The number of sulfonamides is 1. The first kappa shape index (κ1) is 21.4. The minimum Gasteiger partial charge on any atom is -0.354 e. The van der Waals surface area contributed by atoms with Gasteiger partial charge in [-0.05, 0) is 49.3 Å². The summed E-state index contributed by atoms with van der Waals surface area (Å²) in [6.07, 6.45) is 4.44. The van der Waals surface area contributed by atoms with Crippen LogP contribution in [0.2, 0.25) is 0 Å². The Kier molecular flexibility index (Phi) is 7.72. The second kappa shape index (κ2) is 9.36. The zero-order valence-electron chi connectivity index (χ0n) is 15.4. The van der Waals surface area contributed by atoms with Crippen LogP contribution in [0.3, 0.4) is 0 Å². The van der Waals surface area contributed by atoms with E-state index in [0.717, 1.165) is 24.4 Å². The Bertz CT molecular complexity index is 717. The molecule has 8 heteroatoms. The van der Waals surface area contributed by atoms with Gasteiger partial charge in [-0.3, -0.25) is 4.99 Å². The van der Waals surface area contributed by atoms with Crippen molar-refractivity contribution in [1.29, 1.82) is 0 Å². The Hall–Kier alpha value is -0.870. The number of rotatable bonds is 5. The van der Waals surface area contributed by atoms with Crippen LogP contribution < -0.4 is 10.6 Å². The molecule has 6 nitrogen and oxygen atoms in total. The zero-order valence-corrected chi connectivity index (χ0v) is 18.6. The second-order valence-corrected chi connectivity index (χ2v) is 9.04. The van der Waals surface area contributed by atoms with E-state index in [2.05, 4.69) is 22.5 Å². The molecule has 1 aromatic rings. The first-order chi connectivity index (χ1) is 12.0. The highest BCUT2D eigenvalue weighted by atomic mass is 127. The maximum Gasteiger partial charge on any atom is 0.243 e. The van der Waals surface area contributed by atoms with Gasteiger partial charge in [0, 0.05) is 32.7 Å². The van der Waals surface area contributed by atoms with Crippen molar-refractivity contribution >= 4 is 40.0 Å². The number of hydrogen-bond acceptors (Lipinski definition) is 3. The molecule has 1 saturated heterocycles. The monoisotopic (exact) mass is 492 g/mol. The average molecular weight is 492 g/mol. The van der Waals surface area contributed by atoms with Gasteiger partial charge in [0.15, 0.2) is 5.96 Å². The van der Waals surface area contributed by atoms with Gasteiger partial charge in [0.05, 0.1) is 4.90 Å². The summed E-state index contributed by atoms with van der Waals surface area (Å²) in [6.45, 7) is 3.97. The minimum absolute atomic E-state index is 0. The Labute approximate surface area is 173 Å². The van der Waals surface area contributed by atoms with Crippen LogP contribution in [0.15, 0.2) is 34.2 Å². The summed E-state index contributed by atoms with van der Waals surface area (Å²) in [7, 11) is -1.62. The summed E-state index contributed by atoms with van der Waals surface area (Å²) in [5.41, 5.74) is 1.03. The number of guanidine groups is 1. The molecule has 146 valence electrons. The van der Waals surface area contributed by atoms with Gasteiger partial charge >= 0.3 is 0 Å². The lowest BCUT2D eigenvalue weighted by Gasteiger charge is -2.30. The van der Waals surface area contributed by atoms with Crippen molar-refractivity contribution in [2.45, 2.75) is 50.1 Å². The quantitative estimate of drug-likeness (QED) is 0.377. The normalized spacial score (nSPS) is 21.8. The van der Waals surface area contributed by atoms with E-state index in [-0.39, 0.29) is 24.0 Å². The SMILES string of the molecule is CN=C(NCc1ccc(S(=O)(=O)N2CCCC(C)C2)cc1)NC1CC1.I. The molecule has 1 aromatic carbocycles. The van der Waals surface area contributed by atoms with Crippen molar-refractivity contribution in [2.24, 2.45) is 10.9 Å². The maximum atomic E-state index is 12.8. The molecule has 0 bridgehead atoms. The molecule has 1 aliphatic carbocycles. The highest BCUT2D eigenvalue weighted by Crippen LogP contribution is 2.23. The number of hydrogen-bond donors (Lipinski definition) is 2. The summed E-state index contributed by atoms with van der Waals surface area (Å²) in [4.78, 5) is 4.58. The van der Waals surface area contributed by atoms with Crippen LogP contribution in [-0.2, 0) is 16.6 Å². The predicted molar refractivity (Wildman–Crippen MR) is 115 cm³/mol. The Morgan fingerprint density at radius 2 is 1.92 bits per heavy atom. The Balaban J connectivity index is 0.00000243. The van der Waals surface area contributed by atoms with E-state index in [4.69, 9.17) is 0 Å². The fraction of sp³-hybridized carbons (Fsp3) is 0.611. The standard InChI is InChI=1S/C18H28N4O2S.HI/c1-14-4-3-11-22(13-14)25(23,24)17-9-5-15(6-10-17)12-20-18(19-2)21-16-7-8-16;/h5-6,9-10,14,16H,3-4,7-8,11-13H2,1-2H3,(H2,19,20,21);1H. The maximum absolute atomic E-state index is 12.8. The van der Waals surface area contributed by atoms with Gasteiger partial charge in [0.2, 0.25) is 10.0 Å². The van der Waals surface area contributed by atoms with Crippen LogP contribution in [0.5, 0.6) is 0 Å². The van der Waals surface area contributed by atoms with Crippen LogP contribution in [-0.4, -0.2) is 44.9 Å². The second-order valence-electron chi connectivity index (χ2n) is 7.10. The first-order valence-corrected chi connectivity index (χ1v) is 10.5. The van der Waals surface area contributed by atoms with Gasteiger partial charge in [0.25, 0.3) is 0 Å². The third-order valence-electron chi connectivity index (χ3n) is 4.78. The number of nitrogens with zero attached hydrogens (tertiary/aromatic N) is 2. The van der Waals surface area contributed by atoms with E-state index in [1.165, 1.54) is 12.8 Å². The third-order valence-corrected chi connectivity index (χ3v) is 6.66. The lowest BCUT2D eigenvalue weighted by Crippen LogP contribution is -2.39. The van der Waals surface area contributed by atoms with Crippen LogP contribution in [0, 0.1) is 5.92 Å². The molecule has 2 N–H and O–H groups in total. The lowest BCUT2D eigenvalue weighted by molar-refractivity contribution is 0.281. The molecule has 26 heavy (non-hydrogen) atoms. The van der Waals surface area contributed by atoms with Crippen molar-refractivity contribution in [3.8, 4) is 0 Å². The van der Waals surface area contributed by atoms with E-state index in [0.29, 0.717) is 36.5 Å². The van der Waals surface area contributed by atoms with Crippen molar-refractivity contribution in [3.05, 3.63) is 29.8 Å². The smallest absolute Gasteiger partial charge is 0.243 e. The van der Waals surface area contributed by atoms with Gasteiger partial charge in [-0.1, -0.05) is 19.1 Å². The van der Waals surface area contributed by atoms with E-state index in [9.17, 15) is 8.42 Å². The van der Waals surface area contributed by atoms with Crippen LogP contribution in [0.4, 0.5) is 0 Å². The Morgan fingerprint density at radius 3 is 2.50 bits per heavy atom. The molecule has 1 heterocycles. The summed E-state index contributed by atoms with van der Waals surface area (Å²) in [5, 5.41) is 6.59. The van der Waals surface area contributed by atoms with Gasteiger partial charge in [0.1, 0.15) is 0 Å². The largest absolute Gasteiger partial charge is 0.354 e. The lowest BCUT2D eigenvalue weighted by atomic mass is 10.0. The molecule has 3 rings (SSSR count). The third kappa shape index (κ3) is 5.56. The van der Waals surface area contributed by atoms with E-state index in [1.807, 2.05) is 12.1 Å². The van der Waals surface area contributed by atoms with Crippen LogP contribution >= 0.6 is 24.0 Å². The van der Waals surface area contributed by atoms with Crippen LogP contribution in [0.1, 0.15) is 38.2 Å². The zero-order chi connectivity index (χ0) is 17.9. The summed E-state index contributed by atoms with van der Waals surface area (Å²) >= 11 is 0. The van der Waals surface area contributed by atoms with Crippen molar-refractivity contribution < 1.29 is 8.42 Å². The van der Waals surface area contributed by atoms with Crippen molar-refractivity contribution in [1.82, 2.24) is 14.9 Å². The van der Waals surface area contributed by atoms with E-state index in [1.54, 1.807) is 23.5 Å². The minimum atomic E-state index is -3.38. The number of benzene rings is 1. The highest BCUT2D eigenvalue weighted by Gasteiger charge is 2.28. The van der Waals surface area contributed by atoms with Gasteiger partial charge in [-0.25, -0.2) is 8.42 Å². The molecule has 0 radical (unpaired) electrons. The topological polar surface area (TPSA) is 73.8 Å². The molecule has 1 atom stereocenters. The first-order valence-electron chi connectivity index (χ1n) is 9.05. The van der Waals surface area contributed by atoms with E-state index < -0.39 is 10.0 Å². The highest BCUT2D eigenvalue weighted by molar-refractivity contribution is 14.0.